The summed E-state index contributed by atoms with van der Waals surface area (Å²) in [6.07, 6.45) is 4.84. The van der Waals surface area contributed by atoms with Crippen LogP contribution in [0.2, 0.25) is 0 Å². The van der Waals surface area contributed by atoms with Crippen LogP contribution in [0.25, 0.3) is 5.57 Å². The maximum absolute atomic E-state index is 13.7. The molecule has 1 aliphatic heterocycles. The van der Waals surface area contributed by atoms with Crippen LogP contribution in [0.1, 0.15) is 18.4 Å². The van der Waals surface area contributed by atoms with Crippen LogP contribution in [0, 0.1) is 11.7 Å². The summed E-state index contributed by atoms with van der Waals surface area (Å²) in [5, 5.41) is 0. The van der Waals surface area contributed by atoms with E-state index in [1.54, 1.807) is 6.07 Å². The molecule has 17 heavy (non-hydrogen) atoms. The fourth-order valence-electron chi connectivity index (χ4n) is 2.30. The standard InChI is InChI=1S/C13H13BrFIN/c1-16-17-5-4-9(8-2-3-8)10-6-12(15)11(14)7-13(10)17/h4,6-8H,2-3,5H2,1H3/q-1. The Kier molecular flexibility index (Phi) is 3.19. The molecule has 0 bridgehead atoms. The number of benzene rings is 1. The Morgan fingerprint density at radius 1 is 1.41 bits per heavy atom. The summed E-state index contributed by atoms with van der Waals surface area (Å²) >= 11 is 3.30. The number of anilines is 1. The SMILES string of the molecule is C[I-]N1CC=C(C2CC2)c2cc(F)c(Br)cc21. The molecular weight excluding hydrogens is 396 g/mol. The molecule has 1 aromatic carbocycles. The van der Waals surface area contributed by atoms with Gasteiger partial charge in [-0.3, -0.25) is 0 Å². The Hall–Kier alpha value is -0.100. The third-order valence-electron chi connectivity index (χ3n) is 3.30. The van der Waals surface area contributed by atoms with Crippen LogP contribution in [0.4, 0.5) is 10.1 Å². The molecule has 1 fully saturated rings. The second-order valence-electron chi connectivity index (χ2n) is 4.43. The molecule has 2 aliphatic rings. The van der Waals surface area contributed by atoms with E-state index in [0.717, 1.165) is 12.1 Å². The number of hydrogen-bond donors (Lipinski definition) is 0. The molecule has 3 rings (SSSR count). The van der Waals surface area contributed by atoms with Gasteiger partial charge in [-0.15, -0.1) is 0 Å². The number of allylic oxidation sites excluding steroid dienone is 1. The van der Waals surface area contributed by atoms with Crippen molar-refractivity contribution in [2.75, 3.05) is 14.6 Å². The molecular formula is C13H13BrFIN-. The van der Waals surface area contributed by atoms with Crippen molar-refractivity contribution >= 4 is 27.2 Å². The number of fused-ring (bicyclic) bond motifs is 1. The molecule has 1 nitrogen and oxygen atoms in total. The van der Waals surface area contributed by atoms with E-state index in [1.165, 1.54) is 24.1 Å². The molecule has 0 aromatic heterocycles. The monoisotopic (exact) mass is 408 g/mol. The van der Waals surface area contributed by atoms with Crippen molar-refractivity contribution in [1.29, 1.82) is 0 Å². The Morgan fingerprint density at radius 3 is 2.82 bits per heavy atom. The van der Waals surface area contributed by atoms with E-state index in [2.05, 4.69) is 30.0 Å². The van der Waals surface area contributed by atoms with Crippen molar-refractivity contribution in [1.82, 2.24) is 0 Å². The fraction of sp³-hybridized carbons (Fsp3) is 0.385. The third-order valence-corrected chi connectivity index (χ3v) is 5.99. The van der Waals surface area contributed by atoms with Gasteiger partial charge >= 0.3 is 120 Å². The first-order chi connectivity index (χ1) is 8.20. The fourth-order valence-corrected chi connectivity index (χ4v) is 4.14. The van der Waals surface area contributed by atoms with E-state index in [9.17, 15) is 4.39 Å². The molecule has 0 atom stereocenters. The van der Waals surface area contributed by atoms with E-state index < -0.39 is 0 Å². The van der Waals surface area contributed by atoms with E-state index in [0.29, 0.717) is 10.4 Å². The topological polar surface area (TPSA) is 3.24 Å². The quantitative estimate of drug-likeness (QED) is 0.398. The first-order valence-electron chi connectivity index (χ1n) is 5.67. The van der Waals surface area contributed by atoms with E-state index in [1.807, 2.05) is 6.07 Å². The van der Waals surface area contributed by atoms with Gasteiger partial charge in [-0.05, 0) is 0 Å². The predicted octanol–water partition coefficient (Wildman–Crippen LogP) is 0.835. The van der Waals surface area contributed by atoms with Crippen molar-refractivity contribution < 1.29 is 25.9 Å². The summed E-state index contributed by atoms with van der Waals surface area (Å²) in [7, 11) is 0. The van der Waals surface area contributed by atoms with Crippen molar-refractivity contribution in [3.8, 4) is 0 Å². The van der Waals surface area contributed by atoms with Gasteiger partial charge in [0, 0.05) is 0 Å². The summed E-state index contributed by atoms with van der Waals surface area (Å²) < 4.78 is 16.7. The second kappa shape index (κ2) is 4.53. The molecule has 0 amide bonds. The Bertz CT molecular complexity index is 496. The van der Waals surface area contributed by atoms with Gasteiger partial charge in [0.05, 0.1) is 0 Å². The predicted molar refractivity (Wildman–Crippen MR) is 68.1 cm³/mol. The van der Waals surface area contributed by atoms with E-state index in [4.69, 9.17) is 0 Å². The molecule has 0 radical (unpaired) electrons. The van der Waals surface area contributed by atoms with Crippen molar-refractivity contribution in [3.05, 3.63) is 34.1 Å². The number of hydrogen-bond acceptors (Lipinski definition) is 1. The van der Waals surface area contributed by atoms with Gasteiger partial charge < -0.3 is 0 Å². The Balaban J connectivity index is 2.12. The van der Waals surface area contributed by atoms with Crippen LogP contribution in [-0.2, 0) is 0 Å². The van der Waals surface area contributed by atoms with Crippen LogP contribution in [0.3, 0.4) is 0 Å². The molecule has 0 saturated heterocycles. The maximum atomic E-state index is 13.7. The molecule has 0 unspecified atom stereocenters. The first-order valence-corrected chi connectivity index (χ1v) is 9.59. The van der Waals surface area contributed by atoms with Gasteiger partial charge in [0.1, 0.15) is 0 Å². The van der Waals surface area contributed by atoms with Gasteiger partial charge in [-0.2, -0.15) is 0 Å². The normalized spacial score (nSPS) is 19.2. The molecule has 92 valence electrons. The summed E-state index contributed by atoms with van der Waals surface area (Å²) in [5.74, 6) is 0.540. The second-order valence-corrected chi connectivity index (χ2v) is 7.41. The zero-order chi connectivity index (χ0) is 12.0. The number of halogens is 3. The van der Waals surface area contributed by atoms with Crippen LogP contribution in [0.5, 0.6) is 0 Å². The van der Waals surface area contributed by atoms with Crippen LogP contribution in [0.15, 0.2) is 22.7 Å². The van der Waals surface area contributed by atoms with E-state index in [-0.39, 0.29) is 27.3 Å². The van der Waals surface area contributed by atoms with Gasteiger partial charge in [-0.25, -0.2) is 0 Å². The molecule has 0 spiro atoms. The molecule has 1 aliphatic carbocycles. The summed E-state index contributed by atoms with van der Waals surface area (Å²) in [6.45, 7) is 1.00. The zero-order valence-electron chi connectivity index (χ0n) is 9.51. The third kappa shape index (κ3) is 2.14. The minimum absolute atomic E-state index is 0.00117. The van der Waals surface area contributed by atoms with Crippen LogP contribution < -0.4 is 24.6 Å². The van der Waals surface area contributed by atoms with Gasteiger partial charge in [0.15, 0.2) is 0 Å². The molecule has 4 heteroatoms. The molecule has 0 N–H and O–H groups in total. The van der Waals surface area contributed by atoms with E-state index >= 15 is 0 Å². The summed E-state index contributed by atoms with van der Waals surface area (Å²) in [6, 6.07) is 3.65. The molecule has 1 heterocycles. The van der Waals surface area contributed by atoms with Gasteiger partial charge in [-0.1, -0.05) is 0 Å². The number of rotatable bonds is 2. The average molecular weight is 409 g/mol. The van der Waals surface area contributed by atoms with Crippen molar-refractivity contribution in [2.45, 2.75) is 12.8 Å². The zero-order valence-corrected chi connectivity index (χ0v) is 13.3. The summed E-state index contributed by atoms with van der Waals surface area (Å²) in [4.78, 5) is 2.25. The van der Waals surface area contributed by atoms with Gasteiger partial charge in [0.2, 0.25) is 0 Å². The average Bonchev–Trinajstić information content (AvgIpc) is 3.13. The van der Waals surface area contributed by atoms with Crippen LogP contribution >= 0.6 is 15.9 Å². The number of alkyl halides is 1. The van der Waals surface area contributed by atoms with Crippen molar-refractivity contribution in [3.63, 3.8) is 0 Å². The molecule has 1 aromatic rings. The number of nitrogens with zero attached hydrogens (tertiary/aromatic N) is 1. The molecule has 1 saturated carbocycles. The first kappa shape index (κ1) is 12.0. The van der Waals surface area contributed by atoms with Crippen LogP contribution in [-0.4, -0.2) is 11.5 Å². The minimum atomic E-state index is -0.147. The Morgan fingerprint density at radius 2 is 2.18 bits per heavy atom. The Labute approximate surface area is 120 Å². The van der Waals surface area contributed by atoms with Crippen molar-refractivity contribution in [2.24, 2.45) is 5.92 Å². The summed E-state index contributed by atoms with van der Waals surface area (Å²) in [5.41, 5.74) is 3.72. The van der Waals surface area contributed by atoms with Gasteiger partial charge in [0.25, 0.3) is 0 Å².